The van der Waals surface area contributed by atoms with Crippen LogP contribution in [0, 0.1) is 0 Å². The van der Waals surface area contributed by atoms with Gasteiger partial charge in [-0.2, -0.15) is 10.1 Å². The second-order valence-corrected chi connectivity index (χ2v) is 5.29. The molecule has 0 saturated carbocycles. The number of halogens is 1. The van der Waals surface area contributed by atoms with Crippen molar-refractivity contribution in [1.82, 2.24) is 5.32 Å². The van der Waals surface area contributed by atoms with Gasteiger partial charge in [0.05, 0.1) is 12.1 Å². The molecule has 1 heterocycles. The van der Waals surface area contributed by atoms with Crippen molar-refractivity contribution in [3.8, 4) is 0 Å². The van der Waals surface area contributed by atoms with E-state index in [2.05, 4.69) is 15.7 Å². The Bertz CT molecular complexity index is 759. The van der Waals surface area contributed by atoms with Gasteiger partial charge < -0.3 is 5.32 Å². The lowest BCUT2D eigenvalue weighted by Crippen LogP contribution is -2.33. The molecule has 0 unspecified atom stereocenters. The number of amidine groups is 1. The molecule has 116 valence electrons. The molecule has 6 nitrogen and oxygen atoms in total. The Balaban J connectivity index is 1.65. The van der Waals surface area contributed by atoms with Crippen LogP contribution in [0.1, 0.15) is 6.42 Å². The van der Waals surface area contributed by atoms with Gasteiger partial charge in [-0.25, -0.2) is 4.79 Å². The van der Waals surface area contributed by atoms with Gasteiger partial charge in [-0.05, 0) is 36.4 Å². The van der Waals surface area contributed by atoms with Gasteiger partial charge in [0.1, 0.15) is 5.84 Å². The number of benzene rings is 2. The first-order valence-corrected chi connectivity index (χ1v) is 7.29. The molecular formula is C16H13ClN4O2. The van der Waals surface area contributed by atoms with Crippen molar-refractivity contribution >= 4 is 40.7 Å². The Hall–Kier alpha value is -2.86. The highest BCUT2D eigenvalue weighted by atomic mass is 35.5. The summed E-state index contributed by atoms with van der Waals surface area (Å²) in [5.74, 6) is 0.100. The summed E-state index contributed by atoms with van der Waals surface area (Å²) in [6, 6.07) is 15.3. The minimum absolute atomic E-state index is 0.0446. The summed E-state index contributed by atoms with van der Waals surface area (Å²) in [6.07, 6.45) is 0.0446. The molecule has 0 saturated heterocycles. The number of nitrogens with zero attached hydrogens (tertiary/aromatic N) is 2. The van der Waals surface area contributed by atoms with Crippen LogP contribution in [0.15, 0.2) is 59.7 Å². The van der Waals surface area contributed by atoms with Gasteiger partial charge in [-0.3, -0.25) is 10.1 Å². The molecule has 0 bridgehead atoms. The van der Waals surface area contributed by atoms with Gasteiger partial charge in [-0.1, -0.05) is 29.8 Å². The molecule has 1 aliphatic rings. The third-order valence-corrected chi connectivity index (χ3v) is 3.39. The van der Waals surface area contributed by atoms with Crippen molar-refractivity contribution < 1.29 is 9.59 Å². The minimum Gasteiger partial charge on any atom is -0.308 e. The van der Waals surface area contributed by atoms with Gasteiger partial charge in [0, 0.05) is 10.7 Å². The van der Waals surface area contributed by atoms with Gasteiger partial charge in [-0.15, -0.1) is 0 Å². The molecule has 0 atom stereocenters. The predicted octanol–water partition coefficient (Wildman–Crippen LogP) is 3.21. The quantitative estimate of drug-likeness (QED) is 0.888. The zero-order valence-electron chi connectivity index (χ0n) is 12.0. The van der Waals surface area contributed by atoms with Crippen molar-refractivity contribution in [2.24, 2.45) is 5.10 Å². The van der Waals surface area contributed by atoms with Gasteiger partial charge >= 0.3 is 6.03 Å². The molecule has 1 aliphatic heterocycles. The number of anilines is 2. The largest absolute Gasteiger partial charge is 0.324 e. The molecule has 2 aromatic rings. The summed E-state index contributed by atoms with van der Waals surface area (Å²) in [7, 11) is 0. The Morgan fingerprint density at radius 2 is 1.74 bits per heavy atom. The number of rotatable bonds is 2. The number of hydrazone groups is 1. The van der Waals surface area contributed by atoms with Crippen LogP contribution in [-0.2, 0) is 4.79 Å². The summed E-state index contributed by atoms with van der Waals surface area (Å²) in [5.41, 5.74) is 1.25. The maximum Gasteiger partial charge on any atom is 0.324 e. The summed E-state index contributed by atoms with van der Waals surface area (Å²) in [4.78, 5) is 23.9. The van der Waals surface area contributed by atoms with Gasteiger partial charge in [0.15, 0.2) is 0 Å². The predicted molar refractivity (Wildman–Crippen MR) is 89.6 cm³/mol. The van der Waals surface area contributed by atoms with Crippen molar-refractivity contribution in [3.05, 3.63) is 59.6 Å². The van der Waals surface area contributed by atoms with Crippen LogP contribution in [0.2, 0.25) is 5.02 Å². The summed E-state index contributed by atoms with van der Waals surface area (Å²) < 4.78 is 0. The Morgan fingerprint density at radius 3 is 2.43 bits per heavy atom. The second kappa shape index (κ2) is 6.50. The zero-order valence-corrected chi connectivity index (χ0v) is 12.7. The molecule has 3 amide bonds. The standard InChI is InChI=1S/C16H13ClN4O2/c17-11-6-8-12(9-7-11)18-16(23)19-14-10-15(22)21(20-14)13-4-2-1-3-5-13/h1-9H,10H2,(H2,18,19,20,23). The lowest BCUT2D eigenvalue weighted by atomic mass is 10.3. The van der Waals surface area contributed by atoms with E-state index in [0.29, 0.717) is 22.2 Å². The normalized spacial score (nSPS) is 13.7. The molecule has 2 aromatic carbocycles. The highest BCUT2D eigenvalue weighted by Gasteiger charge is 2.26. The number of urea groups is 1. The number of hydrogen-bond donors (Lipinski definition) is 2. The third-order valence-electron chi connectivity index (χ3n) is 3.14. The van der Waals surface area contributed by atoms with Crippen molar-refractivity contribution in [2.45, 2.75) is 6.42 Å². The maximum absolute atomic E-state index is 12.0. The van der Waals surface area contributed by atoms with E-state index in [1.807, 2.05) is 18.2 Å². The van der Waals surface area contributed by atoms with E-state index >= 15 is 0 Å². The number of carbonyl (C=O) groups excluding carboxylic acids is 2. The van der Waals surface area contributed by atoms with E-state index in [4.69, 9.17) is 11.6 Å². The van der Waals surface area contributed by atoms with E-state index in [1.165, 1.54) is 5.01 Å². The molecule has 0 radical (unpaired) electrons. The van der Waals surface area contributed by atoms with Gasteiger partial charge in [0.25, 0.3) is 5.91 Å². The minimum atomic E-state index is -0.464. The molecule has 0 fully saturated rings. The van der Waals surface area contributed by atoms with Crippen molar-refractivity contribution in [1.29, 1.82) is 0 Å². The number of carbonyl (C=O) groups is 2. The van der Waals surface area contributed by atoms with Crippen LogP contribution in [0.3, 0.4) is 0 Å². The van der Waals surface area contributed by atoms with Crippen LogP contribution >= 0.6 is 11.6 Å². The Labute approximate surface area is 137 Å². The number of amides is 3. The van der Waals surface area contributed by atoms with Crippen LogP contribution in [0.25, 0.3) is 0 Å². The highest BCUT2D eigenvalue weighted by molar-refractivity contribution is 6.30. The van der Waals surface area contributed by atoms with Crippen molar-refractivity contribution in [2.75, 3.05) is 10.3 Å². The lowest BCUT2D eigenvalue weighted by Gasteiger charge is -2.10. The number of nitrogens with one attached hydrogen (secondary N) is 2. The first kappa shape index (κ1) is 15.1. The fourth-order valence-electron chi connectivity index (χ4n) is 2.10. The van der Waals surface area contributed by atoms with Crippen LogP contribution in [0.4, 0.5) is 16.2 Å². The molecule has 3 rings (SSSR count). The fraction of sp³-hybridized carbons (Fsp3) is 0.0625. The topological polar surface area (TPSA) is 73.8 Å². The van der Waals surface area contributed by atoms with E-state index in [9.17, 15) is 9.59 Å². The first-order valence-electron chi connectivity index (χ1n) is 6.91. The summed E-state index contributed by atoms with van der Waals surface area (Å²) in [5, 5.41) is 11.2. The summed E-state index contributed by atoms with van der Waals surface area (Å²) >= 11 is 5.79. The fourth-order valence-corrected chi connectivity index (χ4v) is 2.22. The SMILES string of the molecule is O=C(NC1=NN(c2ccccc2)C(=O)C1)Nc1ccc(Cl)cc1. The maximum atomic E-state index is 12.0. The van der Waals surface area contributed by atoms with E-state index in [1.54, 1.807) is 36.4 Å². The molecule has 0 aromatic heterocycles. The molecule has 0 spiro atoms. The Morgan fingerprint density at radius 1 is 1.04 bits per heavy atom. The second-order valence-electron chi connectivity index (χ2n) is 4.85. The van der Waals surface area contributed by atoms with Crippen LogP contribution in [0.5, 0.6) is 0 Å². The highest BCUT2D eigenvalue weighted by Crippen LogP contribution is 2.19. The van der Waals surface area contributed by atoms with E-state index in [-0.39, 0.29) is 12.3 Å². The number of hydrogen-bond acceptors (Lipinski definition) is 3. The van der Waals surface area contributed by atoms with Gasteiger partial charge in [0.2, 0.25) is 0 Å². The molecule has 7 heteroatoms. The number of para-hydroxylation sites is 1. The average molecular weight is 329 g/mol. The zero-order chi connectivity index (χ0) is 16.2. The van der Waals surface area contributed by atoms with E-state index in [0.717, 1.165) is 0 Å². The van der Waals surface area contributed by atoms with Crippen LogP contribution in [-0.4, -0.2) is 17.8 Å². The molecule has 2 N–H and O–H groups in total. The summed E-state index contributed by atoms with van der Waals surface area (Å²) in [6.45, 7) is 0. The first-order chi connectivity index (χ1) is 11.1. The molecular weight excluding hydrogens is 316 g/mol. The van der Waals surface area contributed by atoms with Crippen LogP contribution < -0.4 is 15.6 Å². The van der Waals surface area contributed by atoms with Crippen molar-refractivity contribution in [3.63, 3.8) is 0 Å². The monoisotopic (exact) mass is 328 g/mol. The smallest absolute Gasteiger partial charge is 0.308 e. The lowest BCUT2D eigenvalue weighted by molar-refractivity contribution is -0.116. The molecule has 0 aliphatic carbocycles. The molecule has 23 heavy (non-hydrogen) atoms. The van der Waals surface area contributed by atoms with E-state index < -0.39 is 6.03 Å². The third kappa shape index (κ3) is 3.67. The average Bonchev–Trinajstić information content (AvgIpc) is 2.91. The Kier molecular flexibility index (Phi) is 4.25.